The van der Waals surface area contributed by atoms with Gasteiger partial charge in [0, 0.05) is 32.3 Å². The number of aromatic nitrogens is 2. The molecule has 2 rings (SSSR count). The van der Waals surface area contributed by atoms with Gasteiger partial charge in [-0.05, 0) is 12.5 Å². The fourth-order valence-electron chi connectivity index (χ4n) is 1.72. The molecule has 0 saturated carbocycles. The Labute approximate surface area is 83.9 Å². The maximum absolute atomic E-state index is 5.33. The van der Waals surface area contributed by atoms with Gasteiger partial charge in [-0.2, -0.15) is 0 Å². The van der Waals surface area contributed by atoms with Crippen LogP contribution in [0.4, 0.5) is 5.82 Å². The van der Waals surface area contributed by atoms with E-state index < -0.39 is 0 Å². The zero-order valence-electron chi connectivity index (χ0n) is 8.39. The Kier molecular flexibility index (Phi) is 2.93. The van der Waals surface area contributed by atoms with Gasteiger partial charge in [0.05, 0.1) is 6.61 Å². The lowest BCUT2D eigenvalue weighted by Crippen LogP contribution is -2.26. The Bertz CT molecular complexity index is 272. The van der Waals surface area contributed by atoms with Crippen molar-refractivity contribution in [2.45, 2.75) is 6.42 Å². The first-order chi connectivity index (χ1) is 6.86. The summed E-state index contributed by atoms with van der Waals surface area (Å²) in [6.45, 7) is 2.80. The molecule has 1 aromatic heterocycles. The summed E-state index contributed by atoms with van der Waals surface area (Å²) in [6.07, 6.45) is 4.51. The van der Waals surface area contributed by atoms with Crippen molar-refractivity contribution in [3.63, 3.8) is 0 Å². The first kappa shape index (κ1) is 9.40. The molecule has 14 heavy (non-hydrogen) atoms. The summed E-state index contributed by atoms with van der Waals surface area (Å²) in [5.41, 5.74) is 0. The zero-order chi connectivity index (χ0) is 9.80. The molecule has 0 aliphatic carbocycles. The number of anilines is 1. The Hall–Kier alpha value is -1.16. The molecule has 1 fully saturated rings. The molecule has 1 saturated heterocycles. The topological polar surface area (TPSA) is 38.2 Å². The molecule has 0 amide bonds. The minimum atomic E-state index is 0.648. The summed E-state index contributed by atoms with van der Waals surface area (Å²) in [5.74, 6) is 1.63. The first-order valence-corrected chi connectivity index (χ1v) is 4.91. The van der Waals surface area contributed by atoms with Crippen LogP contribution in [0.25, 0.3) is 0 Å². The van der Waals surface area contributed by atoms with E-state index in [9.17, 15) is 0 Å². The molecule has 2 heterocycles. The highest BCUT2D eigenvalue weighted by Gasteiger charge is 2.17. The molecule has 0 N–H and O–H groups in total. The Morgan fingerprint density at radius 3 is 3.21 bits per heavy atom. The predicted molar refractivity (Wildman–Crippen MR) is 54.2 cm³/mol. The van der Waals surface area contributed by atoms with Crippen molar-refractivity contribution in [2.24, 2.45) is 5.92 Å². The van der Waals surface area contributed by atoms with Gasteiger partial charge in [0.1, 0.15) is 12.1 Å². The first-order valence-electron chi connectivity index (χ1n) is 4.91. The number of rotatable bonds is 3. The number of ether oxygens (including phenoxy) is 1. The quantitative estimate of drug-likeness (QED) is 0.716. The highest BCUT2D eigenvalue weighted by molar-refractivity contribution is 5.34. The average Bonchev–Trinajstić information content (AvgIpc) is 2.72. The van der Waals surface area contributed by atoms with Gasteiger partial charge in [-0.1, -0.05) is 0 Å². The van der Waals surface area contributed by atoms with Gasteiger partial charge in [-0.3, -0.25) is 0 Å². The molecular formula is C10H15N3O. The van der Waals surface area contributed by atoms with Crippen LogP contribution in [0.2, 0.25) is 0 Å². The van der Waals surface area contributed by atoms with Crippen LogP contribution in [0.3, 0.4) is 0 Å². The van der Waals surface area contributed by atoms with Gasteiger partial charge in [-0.25, -0.2) is 9.97 Å². The van der Waals surface area contributed by atoms with Crippen molar-refractivity contribution in [1.82, 2.24) is 9.97 Å². The standard InChI is InChI=1S/C10H15N3O/c1-13(6-9-3-5-14-7-9)10-2-4-11-8-12-10/h2,4,8-9H,3,5-7H2,1H3. The van der Waals surface area contributed by atoms with Crippen LogP contribution in [-0.2, 0) is 4.74 Å². The third-order valence-electron chi connectivity index (χ3n) is 2.51. The summed E-state index contributed by atoms with van der Waals surface area (Å²) in [4.78, 5) is 10.2. The lowest BCUT2D eigenvalue weighted by molar-refractivity contribution is 0.186. The Balaban J connectivity index is 1.92. The van der Waals surface area contributed by atoms with Gasteiger partial charge in [-0.15, -0.1) is 0 Å². The van der Waals surface area contributed by atoms with E-state index in [0.717, 1.165) is 32.0 Å². The van der Waals surface area contributed by atoms with Gasteiger partial charge >= 0.3 is 0 Å². The molecule has 1 aliphatic rings. The van der Waals surface area contributed by atoms with Crippen LogP contribution in [0.15, 0.2) is 18.6 Å². The minimum absolute atomic E-state index is 0.648. The highest BCUT2D eigenvalue weighted by Crippen LogP contribution is 2.16. The third kappa shape index (κ3) is 2.20. The summed E-state index contributed by atoms with van der Waals surface area (Å²) in [7, 11) is 2.06. The van der Waals surface area contributed by atoms with Crippen molar-refractivity contribution in [1.29, 1.82) is 0 Å². The molecule has 0 spiro atoms. The van der Waals surface area contributed by atoms with Crippen molar-refractivity contribution in [2.75, 3.05) is 31.7 Å². The van der Waals surface area contributed by atoms with Crippen molar-refractivity contribution in [3.05, 3.63) is 18.6 Å². The fourth-order valence-corrected chi connectivity index (χ4v) is 1.72. The lowest BCUT2D eigenvalue weighted by atomic mass is 10.1. The SMILES string of the molecule is CN(CC1CCOC1)c1ccncn1. The monoisotopic (exact) mass is 193 g/mol. The molecule has 1 aliphatic heterocycles. The van der Waals surface area contributed by atoms with E-state index in [-0.39, 0.29) is 0 Å². The summed E-state index contributed by atoms with van der Waals surface area (Å²) in [5, 5.41) is 0. The maximum atomic E-state index is 5.33. The van der Waals surface area contributed by atoms with Crippen LogP contribution < -0.4 is 4.90 Å². The zero-order valence-corrected chi connectivity index (χ0v) is 8.39. The molecule has 1 unspecified atom stereocenters. The minimum Gasteiger partial charge on any atom is -0.381 e. The predicted octanol–water partition coefficient (Wildman–Crippen LogP) is 0.949. The Morgan fingerprint density at radius 1 is 1.64 bits per heavy atom. The molecule has 0 bridgehead atoms. The Morgan fingerprint density at radius 2 is 2.57 bits per heavy atom. The van der Waals surface area contributed by atoms with Gasteiger partial charge < -0.3 is 9.64 Å². The van der Waals surface area contributed by atoms with Crippen molar-refractivity contribution < 1.29 is 4.74 Å². The van der Waals surface area contributed by atoms with Gasteiger partial charge in [0.15, 0.2) is 0 Å². The smallest absolute Gasteiger partial charge is 0.131 e. The second-order valence-corrected chi connectivity index (χ2v) is 3.68. The second kappa shape index (κ2) is 4.37. The fraction of sp³-hybridized carbons (Fsp3) is 0.600. The normalized spacial score (nSPS) is 21.1. The summed E-state index contributed by atoms with van der Waals surface area (Å²) >= 11 is 0. The molecule has 4 heteroatoms. The van der Waals surface area contributed by atoms with Gasteiger partial charge in [0.25, 0.3) is 0 Å². The van der Waals surface area contributed by atoms with Crippen LogP contribution in [0.1, 0.15) is 6.42 Å². The highest BCUT2D eigenvalue weighted by atomic mass is 16.5. The van der Waals surface area contributed by atoms with E-state index in [0.29, 0.717) is 5.92 Å². The van der Waals surface area contributed by atoms with E-state index in [1.807, 2.05) is 6.07 Å². The maximum Gasteiger partial charge on any atom is 0.131 e. The number of hydrogen-bond donors (Lipinski definition) is 0. The van der Waals surface area contributed by atoms with E-state index in [1.54, 1.807) is 12.5 Å². The van der Waals surface area contributed by atoms with Crippen molar-refractivity contribution >= 4 is 5.82 Å². The molecule has 1 aromatic rings. The van der Waals surface area contributed by atoms with E-state index in [1.165, 1.54) is 0 Å². The molecule has 4 nitrogen and oxygen atoms in total. The summed E-state index contributed by atoms with van der Waals surface area (Å²) < 4.78 is 5.33. The molecular weight excluding hydrogens is 178 g/mol. The van der Waals surface area contributed by atoms with E-state index in [4.69, 9.17) is 4.74 Å². The second-order valence-electron chi connectivity index (χ2n) is 3.68. The third-order valence-corrected chi connectivity index (χ3v) is 2.51. The number of nitrogens with zero attached hydrogens (tertiary/aromatic N) is 3. The number of hydrogen-bond acceptors (Lipinski definition) is 4. The average molecular weight is 193 g/mol. The molecule has 76 valence electrons. The van der Waals surface area contributed by atoms with Gasteiger partial charge in [0.2, 0.25) is 0 Å². The van der Waals surface area contributed by atoms with Crippen LogP contribution in [-0.4, -0.2) is 36.8 Å². The molecule has 0 aromatic carbocycles. The summed E-state index contributed by atoms with van der Waals surface area (Å²) in [6, 6.07) is 1.93. The lowest BCUT2D eigenvalue weighted by Gasteiger charge is -2.20. The van der Waals surface area contributed by atoms with Crippen LogP contribution in [0.5, 0.6) is 0 Å². The van der Waals surface area contributed by atoms with Crippen LogP contribution in [0, 0.1) is 5.92 Å². The molecule has 0 radical (unpaired) electrons. The van der Waals surface area contributed by atoms with Crippen molar-refractivity contribution in [3.8, 4) is 0 Å². The molecule has 1 atom stereocenters. The van der Waals surface area contributed by atoms with E-state index in [2.05, 4.69) is 21.9 Å². The van der Waals surface area contributed by atoms with E-state index >= 15 is 0 Å². The van der Waals surface area contributed by atoms with Crippen LogP contribution >= 0.6 is 0 Å². The largest absolute Gasteiger partial charge is 0.381 e.